The van der Waals surface area contributed by atoms with Gasteiger partial charge < -0.3 is 19.5 Å². The zero-order valence-electron chi connectivity index (χ0n) is 19.6. The topological polar surface area (TPSA) is 71.7 Å². The van der Waals surface area contributed by atoms with E-state index in [9.17, 15) is 28.2 Å². The summed E-state index contributed by atoms with van der Waals surface area (Å²) in [5, 5.41) is 20.6. The number of benzene rings is 3. The number of aromatic carboxylic acids is 1. The van der Waals surface area contributed by atoms with Crippen molar-refractivity contribution in [2.24, 2.45) is 0 Å². The molecule has 1 aliphatic rings. The first-order chi connectivity index (χ1) is 17.1. The summed E-state index contributed by atoms with van der Waals surface area (Å²) in [6.07, 6.45) is 1.02. The van der Waals surface area contributed by atoms with Crippen LogP contribution in [0.5, 0.6) is 5.75 Å². The Balaban J connectivity index is 1.89. The summed E-state index contributed by atoms with van der Waals surface area (Å²) in [5.41, 5.74) is 2.53. The predicted octanol–water partition coefficient (Wildman–Crippen LogP) is 6.79. The monoisotopic (exact) mass is 495 g/mol. The van der Waals surface area contributed by atoms with E-state index in [0.717, 1.165) is 18.2 Å². The van der Waals surface area contributed by atoms with Crippen molar-refractivity contribution in [3.05, 3.63) is 83.3 Å². The number of halogens is 3. The molecule has 1 saturated heterocycles. The van der Waals surface area contributed by atoms with Crippen LogP contribution in [0.3, 0.4) is 0 Å². The van der Waals surface area contributed by atoms with Gasteiger partial charge in [0.1, 0.15) is 11.6 Å². The Kier molecular flexibility index (Phi) is 6.00. The van der Waals surface area contributed by atoms with Gasteiger partial charge in [-0.05, 0) is 62.6 Å². The second kappa shape index (κ2) is 9.02. The molecule has 0 bridgehead atoms. The number of ether oxygens (including phenoxy) is 1. The third-order valence-corrected chi connectivity index (χ3v) is 6.72. The molecule has 0 spiro atoms. The first kappa shape index (κ1) is 23.9. The molecule has 0 aliphatic carbocycles. The molecule has 2 unspecified atom stereocenters. The van der Waals surface area contributed by atoms with E-state index < -0.39 is 23.4 Å². The van der Waals surface area contributed by atoms with Gasteiger partial charge in [-0.1, -0.05) is 12.1 Å². The molecular weight excluding hydrogens is 471 g/mol. The SMILES string of the molecule is CC1CC(c2c(-c3ccc(C(=O)O)cc3)c3c(O)cc(F)cc3n2-c2ccc(F)c(F)c2)CC(C)O1. The van der Waals surface area contributed by atoms with Gasteiger partial charge in [0.15, 0.2) is 11.6 Å². The van der Waals surface area contributed by atoms with E-state index in [1.54, 1.807) is 16.7 Å². The fourth-order valence-corrected chi connectivity index (χ4v) is 5.37. The molecule has 5 rings (SSSR count). The van der Waals surface area contributed by atoms with Crippen LogP contribution in [-0.4, -0.2) is 33.0 Å². The van der Waals surface area contributed by atoms with E-state index in [0.29, 0.717) is 35.0 Å². The number of carboxylic acid groups (broad SMARTS) is 1. The number of fused-ring (bicyclic) bond motifs is 1. The quantitative estimate of drug-likeness (QED) is 0.327. The molecule has 0 radical (unpaired) electrons. The third kappa shape index (κ3) is 4.11. The van der Waals surface area contributed by atoms with Gasteiger partial charge in [0.2, 0.25) is 0 Å². The molecule has 1 aromatic heterocycles. The minimum atomic E-state index is -1.08. The lowest BCUT2D eigenvalue weighted by molar-refractivity contribution is -0.0386. The molecule has 5 nitrogen and oxygen atoms in total. The molecule has 3 aromatic carbocycles. The van der Waals surface area contributed by atoms with Crippen molar-refractivity contribution in [1.29, 1.82) is 0 Å². The van der Waals surface area contributed by atoms with E-state index in [4.69, 9.17) is 4.74 Å². The van der Waals surface area contributed by atoms with Gasteiger partial charge in [0.05, 0.1) is 28.7 Å². The average molecular weight is 495 g/mol. The number of carbonyl (C=O) groups is 1. The van der Waals surface area contributed by atoms with Gasteiger partial charge in [0, 0.05) is 35.0 Å². The maximum absolute atomic E-state index is 14.6. The van der Waals surface area contributed by atoms with Crippen LogP contribution in [0.4, 0.5) is 13.2 Å². The van der Waals surface area contributed by atoms with Crippen molar-refractivity contribution in [2.45, 2.75) is 44.8 Å². The van der Waals surface area contributed by atoms with Crippen LogP contribution in [0.2, 0.25) is 0 Å². The van der Waals surface area contributed by atoms with E-state index in [1.807, 2.05) is 13.8 Å². The number of nitrogens with zero attached hydrogens (tertiary/aromatic N) is 1. The fourth-order valence-electron chi connectivity index (χ4n) is 5.37. The van der Waals surface area contributed by atoms with Crippen LogP contribution in [0.1, 0.15) is 48.7 Å². The molecule has 1 fully saturated rings. The number of hydrogen-bond acceptors (Lipinski definition) is 3. The largest absolute Gasteiger partial charge is 0.507 e. The summed E-state index contributed by atoms with van der Waals surface area (Å²) in [5.74, 6) is -4.28. The lowest BCUT2D eigenvalue weighted by atomic mass is 9.85. The van der Waals surface area contributed by atoms with E-state index in [2.05, 4.69) is 0 Å². The molecule has 2 N–H and O–H groups in total. The lowest BCUT2D eigenvalue weighted by Crippen LogP contribution is -2.29. The Morgan fingerprint density at radius 1 is 0.944 bits per heavy atom. The standard InChI is InChI=1S/C28H24F3NO4/c1-14-9-18(10-15(2)36-14)27-25(16-3-5-17(6-4-16)28(34)35)26-23(11-19(29)12-24(26)33)32(27)20-7-8-21(30)22(31)13-20/h3-8,11-15,18,33H,9-10H2,1-2H3,(H,34,35). The highest BCUT2D eigenvalue weighted by Gasteiger charge is 2.33. The average Bonchev–Trinajstić information content (AvgIpc) is 3.15. The number of phenolic OH excluding ortho intramolecular Hbond substituents is 1. The van der Waals surface area contributed by atoms with Gasteiger partial charge in [0.25, 0.3) is 0 Å². The first-order valence-electron chi connectivity index (χ1n) is 11.7. The van der Waals surface area contributed by atoms with Crippen LogP contribution in [0.15, 0.2) is 54.6 Å². The Morgan fingerprint density at radius 3 is 2.22 bits per heavy atom. The number of rotatable bonds is 4. The van der Waals surface area contributed by atoms with Crippen LogP contribution >= 0.6 is 0 Å². The maximum Gasteiger partial charge on any atom is 0.335 e. The maximum atomic E-state index is 14.6. The number of hydrogen-bond donors (Lipinski definition) is 2. The molecule has 0 amide bonds. The van der Waals surface area contributed by atoms with E-state index >= 15 is 0 Å². The Morgan fingerprint density at radius 2 is 1.61 bits per heavy atom. The van der Waals surface area contributed by atoms with Crippen molar-refractivity contribution < 1.29 is 32.9 Å². The van der Waals surface area contributed by atoms with Crippen LogP contribution in [0.25, 0.3) is 27.7 Å². The summed E-state index contributed by atoms with van der Waals surface area (Å²) >= 11 is 0. The second-order valence-corrected chi connectivity index (χ2v) is 9.32. The number of carboxylic acids is 1. The highest BCUT2D eigenvalue weighted by molar-refractivity contribution is 6.03. The van der Waals surface area contributed by atoms with Crippen molar-refractivity contribution >= 4 is 16.9 Å². The highest BCUT2D eigenvalue weighted by atomic mass is 19.2. The second-order valence-electron chi connectivity index (χ2n) is 9.32. The number of aromatic hydroxyl groups is 1. The number of phenols is 1. The van der Waals surface area contributed by atoms with Gasteiger partial charge in [-0.15, -0.1) is 0 Å². The smallest absolute Gasteiger partial charge is 0.335 e. The minimum absolute atomic E-state index is 0.0909. The van der Waals surface area contributed by atoms with Crippen LogP contribution in [0, 0.1) is 17.5 Å². The van der Waals surface area contributed by atoms with Crippen molar-refractivity contribution in [3.8, 4) is 22.6 Å². The summed E-state index contributed by atoms with van der Waals surface area (Å²) in [7, 11) is 0. The van der Waals surface area contributed by atoms with Crippen LogP contribution < -0.4 is 0 Å². The van der Waals surface area contributed by atoms with Gasteiger partial charge in [-0.3, -0.25) is 0 Å². The molecule has 36 heavy (non-hydrogen) atoms. The van der Waals surface area contributed by atoms with E-state index in [-0.39, 0.29) is 40.6 Å². The Labute approximate surface area is 205 Å². The summed E-state index contributed by atoms with van der Waals surface area (Å²) < 4.78 is 50.4. The van der Waals surface area contributed by atoms with E-state index in [1.165, 1.54) is 24.3 Å². The van der Waals surface area contributed by atoms with Gasteiger partial charge in [-0.2, -0.15) is 0 Å². The molecule has 2 heterocycles. The minimum Gasteiger partial charge on any atom is -0.507 e. The Bertz CT molecular complexity index is 1470. The molecule has 0 saturated carbocycles. The third-order valence-electron chi connectivity index (χ3n) is 6.72. The molecule has 8 heteroatoms. The first-order valence-corrected chi connectivity index (χ1v) is 11.7. The number of aromatic nitrogens is 1. The van der Waals surface area contributed by atoms with Crippen LogP contribution in [-0.2, 0) is 4.74 Å². The zero-order chi connectivity index (χ0) is 25.7. The molecule has 2 atom stereocenters. The molecule has 186 valence electrons. The van der Waals surface area contributed by atoms with Crippen molar-refractivity contribution in [1.82, 2.24) is 4.57 Å². The Hall–Kier alpha value is -3.78. The predicted molar refractivity (Wildman–Crippen MR) is 129 cm³/mol. The highest BCUT2D eigenvalue weighted by Crippen LogP contribution is 2.48. The zero-order valence-corrected chi connectivity index (χ0v) is 19.6. The van der Waals surface area contributed by atoms with Gasteiger partial charge in [-0.25, -0.2) is 18.0 Å². The molecule has 1 aliphatic heterocycles. The molecular formula is C28H24F3NO4. The summed E-state index contributed by atoms with van der Waals surface area (Å²) in [6, 6.07) is 11.9. The van der Waals surface area contributed by atoms with Gasteiger partial charge >= 0.3 is 5.97 Å². The molecule has 4 aromatic rings. The van der Waals surface area contributed by atoms with Crippen molar-refractivity contribution in [3.63, 3.8) is 0 Å². The normalized spacial score (nSPS) is 20.1. The summed E-state index contributed by atoms with van der Waals surface area (Å²) in [4.78, 5) is 11.4. The lowest BCUT2D eigenvalue weighted by Gasteiger charge is -2.33. The van der Waals surface area contributed by atoms with Crippen molar-refractivity contribution in [2.75, 3.05) is 0 Å². The summed E-state index contributed by atoms with van der Waals surface area (Å²) in [6.45, 7) is 3.90. The fraction of sp³-hybridized carbons (Fsp3) is 0.250.